The molecular weight excluding hydrogens is 344 g/mol. The number of benzene rings is 1. The molecule has 21 heavy (non-hydrogen) atoms. The van der Waals surface area contributed by atoms with E-state index in [0.29, 0.717) is 18.0 Å². The molecule has 0 radical (unpaired) electrons. The van der Waals surface area contributed by atoms with E-state index < -0.39 is 6.61 Å². The molecule has 3 nitrogen and oxygen atoms in total. The first kappa shape index (κ1) is 17.9. The number of carbonyl (C=O) groups excluding carboxylic acids is 1. The van der Waals surface area contributed by atoms with Crippen LogP contribution < -0.4 is 10.1 Å². The van der Waals surface area contributed by atoms with E-state index in [9.17, 15) is 13.6 Å². The van der Waals surface area contributed by atoms with E-state index >= 15 is 0 Å². The molecule has 0 aliphatic carbocycles. The molecule has 1 unspecified atom stereocenters. The first-order chi connectivity index (χ1) is 9.97. The third-order valence-electron chi connectivity index (χ3n) is 3.34. The average Bonchev–Trinajstić information content (AvgIpc) is 2.45. The van der Waals surface area contributed by atoms with Crippen molar-refractivity contribution in [3.8, 4) is 5.75 Å². The predicted molar refractivity (Wildman–Crippen MR) is 82.2 cm³/mol. The maximum Gasteiger partial charge on any atom is 0.387 e. The predicted octanol–water partition coefficient (Wildman–Crippen LogP) is 4.22. The fraction of sp³-hybridized carbons (Fsp3) is 0.533. The van der Waals surface area contributed by atoms with E-state index in [1.807, 2.05) is 0 Å². The van der Waals surface area contributed by atoms with E-state index in [-0.39, 0.29) is 16.5 Å². The van der Waals surface area contributed by atoms with Crippen molar-refractivity contribution >= 4 is 21.8 Å². The highest BCUT2D eigenvalue weighted by Gasteiger charge is 2.17. The van der Waals surface area contributed by atoms with Gasteiger partial charge in [0.05, 0.1) is 0 Å². The summed E-state index contributed by atoms with van der Waals surface area (Å²) in [4.78, 5) is 12.2. The van der Waals surface area contributed by atoms with Gasteiger partial charge in [0.1, 0.15) is 5.75 Å². The molecule has 1 atom stereocenters. The molecule has 6 heteroatoms. The van der Waals surface area contributed by atoms with Gasteiger partial charge in [-0.2, -0.15) is 8.78 Å². The Morgan fingerprint density at radius 3 is 2.57 bits per heavy atom. The molecule has 1 N–H and O–H groups in total. The number of nitrogens with one attached hydrogen (secondary N) is 1. The zero-order valence-corrected chi connectivity index (χ0v) is 13.7. The van der Waals surface area contributed by atoms with E-state index in [0.717, 1.165) is 12.8 Å². The topological polar surface area (TPSA) is 38.3 Å². The molecule has 1 rings (SSSR count). The van der Waals surface area contributed by atoms with Gasteiger partial charge in [-0.25, -0.2) is 0 Å². The number of hydrogen-bond acceptors (Lipinski definition) is 2. The number of hydrogen-bond donors (Lipinski definition) is 1. The largest absolute Gasteiger partial charge is 0.435 e. The molecule has 1 amide bonds. The molecule has 0 aliphatic heterocycles. The van der Waals surface area contributed by atoms with E-state index in [2.05, 4.69) is 39.8 Å². The molecule has 0 spiro atoms. The summed E-state index contributed by atoms with van der Waals surface area (Å²) in [6, 6.07) is 5.77. The maximum absolute atomic E-state index is 12.1. The second-order valence-corrected chi connectivity index (χ2v) is 5.89. The number of ether oxygens (including phenoxy) is 1. The van der Waals surface area contributed by atoms with Gasteiger partial charge in [-0.05, 0) is 24.1 Å². The summed E-state index contributed by atoms with van der Waals surface area (Å²) in [6.07, 6.45) is 2.06. The van der Waals surface area contributed by atoms with Crippen LogP contribution in [-0.2, 0) is 0 Å². The van der Waals surface area contributed by atoms with Crippen molar-refractivity contribution in [1.82, 2.24) is 5.32 Å². The van der Waals surface area contributed by atoms with Crippen LogP contribution in [0.3, 0.4) is 0 Å². The molecule has 0 saturated heterocycles. The van der Waals surface area contributed by atoms with Crippen molar-refractivity contribution in [2.24, 2.45) is 5.92 Å². The first-order valence-electron chi connectivity index (χ1n) is 6.95. The number of alkyl halides is 3. The Kier molecular flexibility index (Phi) is 7.64. The number of rotatable bonds is 8. The fourth-order valence-corrected chi connectivity index (χ4v) is 2.98. The summed E-state index contributed by atoms with van der Waals surface area (Å²) in [5, 5.41) is 2.80. The zero-order valence-electron chi connectivity index (χ0n) is 12.1. The molecular formula is C15H20BrF2NO2. The Morgan fingerprint density at radius 1 is 1.33 bits per heavy atom. The normalized spacial score (nSPS) is 12.5. The number of amides is 1. The van der Waals surface area contributed by atoms with Crippen LogP contribution in [0.4, 0.5) is 8.78 Å². The number of carbonyl (C=O) groups is 1. The summed E-state index contributed by atoms with van der Waals surface area (Å²) in [5.41, 5.74) is 0.303. The molecule has 0 saturated carbocycles. The lowest BCUT2D eigenvalue weighted by atomic mass is 9.99. The van der Waals surface area contributed by atoms with Gasteiger partial charge in [0.25, 0.3) is 5.91 Å². The quantitative estimate of drug-likeness (QED) is 0.702. The monoisotopic (exact) mass is 363 g/mol. The summed E-state index contributed by atoms with van der Waals surface area (Å²) in [7, 11) is 0. The zero-order chi connectivity index (χ0) is 15.8. The van der Waals surface area contributed by atoms with Crippen LogP contribution in [0.5, 0.6) is 5.75 Å². The van der Waals surface area contributed by atoms with Crippen LogP contribution in [0.15, 0.2) is 24.3 Å². The highest BCUT2D eigenvalue weighted by Crippen LogP contribution is 2.20. The van der Waals surface area contributed by atoms with Gasteiger partial charge in [-0.15, -0.1) is 0 Å². The minimum Gasteiger partial charge on any atom is -0.435 e. The second-order valence-electron chi connectivity index (χ2n) is 4.71. The lowest BCUT2D eigenvalue weighted by Crippen LogP contribution is -2.32. The molecule has 118 valence electrons. The Balaban J connectivity index is 2.59. The highest BCUT2D eigenvalue weighted by atomic mass is 79.9. The van der Waals surface area contributed by atoms with Crippen LogP contribution in [0, 0.1) is 5.92 Å². The summed E-state index contributed by atoms with van der Waals surface area (Å²) in [6.45, 7) is 1.81. The molecule has 1 aromatic rings. The second kappa shape index (κ2) is 8.97. The Bertz CT molecular complexity index is 453. The van der Waals surface area contributed by atoms with Crippen LogP contribution in [-0.4, -0.2) is 23.9 Å². The Morgan fingerprint density at radius 2 is 2.00 bits per heavy atom. The summed E-state index contributed by atoms with van der Waals surface area (Å²) < 4.78 is 28.6. The van der Waals surface area contributed by atoms with Crippen molar-refractivity contribution in [3.05, 3.63) is 29.8 Å². The van der Waals surface area contributed by atoms with E-state index in [1.165, 1.54) is 18.2 Å². The van der Waals surface area contributed by atoms with Crippen molar-refractivity contribution < 1.29 is 18.3 Å². The van der Waals surface area contributed by atoms with Gasteiger partial charge >= 0.3 is 6.61 Å². The van der Waals surface area contributed by atoms with Crippen LogP contribution in [0.25, 0.3) is 0 Å². The van der Waals surface area contributed by atoms with Gasteiger partial charge in [0.15, 0.2) is 0 Å². The standard InChI is InChI=1S/C15H20BrF2NO2/c1-3-10(4-2)13(16)9-19-14(20)11-6-5-7-12(8-11)21-15(17)18/h5-8,10,13,15H,3-4,9H2,1-2H3,(H,19,20). The Labute approximate surface area is 132 Å². The van der Waals surface area contributed by atoms with Gasteiger partial charge < -0.3 is 10.1 Å². The third-order valence-corrected chi connectivity index (χ3v) is 4.41. The van der Waals surface area contributed by atoms with E-state index in [1.54, 1.807) is 6.07 Å². The third kappa shape index (κ3) is 5.99. The van der Waals surface area contributed by atoms with Gasteiger partial charge in [-0.1, -0.05) is 48.7 Å². The first-order valence-corrected chi connectivity index (χ1v) is 7.86. The molecule has 0 aliphatic rings. The highest BCUT2D eigenvalue weighted by molar-refractivity contribution is 9.09. The molecule has 1 aromatic carbocycles. The fourth-order valence-electron chi connectivity index (χ4n) is 2.07. The van der Waals surface area contributed by atoms with Gasteiger partial charge in [0, 0.05) is 16.9 Å². The van der Waals surface area contributed by atoms with Gasteiger partial charge in [-0.3, -0.25) is 4.79 Å². The average molecular weight is 364 g/mol. The lowest BCUT2D eigenvalue weighted by molar-refractivity contribution is -0.0498. The van der Waals surface area contributed by atoms with E-state index in [4.69, 9.17) is 0 Å². The molecule has 0 aromatic heterocycles. The SMILES string of the molecule is CCC(CC)C(Br)CNC(=O)c1cccc(OC(F)F)c1. The van der Waals surface area contributed by atoms with Gasteiger partial charge in [0.2, 0.25) is 0 Å². The summed E-state index contributed by atoms with van der Waals surface area (Å²) >= 11 is 3.57. The summed E-state index contributed by atoms with van der Waals surface area (Å²) in [5.74, 6) is 0.164. The van der Waals surface area contributed by atoms with Crippen LogP contribution in [0.2, 0.25) is 0 Å². The lowest BCUT2D eigenvalue weighted by Gasteiger charge is -2.20. The van der Waals surface area contributed by atoms with Crippen LogP contribution in [0.1, 0.15) is 37.0 Å². The van der Waals surface area contributed by atoms with Crippen molar-refractivity contribution in [2.45, 2.75) is 38.1 Å². The molecule has 0 bridgehead atoms. The molecule has 0 fully saturated rings. The van der Waals surface area contributed by atoms with Crippen molar-refractivity contribution in [2.75, 3.05) is 6.54 Å². The minimum atomic E-state index is -2.90. The smallest absolute Gasteiger partial charge is 0.387 e. The van der Waals surface area contributed by atoms with Crippen molar-refractivity contribution in [1.29, 1.82) is 0 Å². The molecule has 0 heterocycles. The minimum absolute atomic E-state index is 0.0203. The van der Waals surface area contributed by atoms with Crippen LogP contribution >= 0.6 is 15.9 Å². The van der Waals surface area contributed by atoms with Crippen molar-refractivity contribution in [3.63, 3.8) is 0 Å². The number of halogens is 3. The maximum atomic E-state index is 12.1. The Hall–Kier alpha value is -1.17.